The normalized spacial score (nSPS) is 11.9. The van der Waals surface area contributed by atoms with Crippen LogP contribution in [0.3, 0.4) is 0 Å². The molecule has 0 saturated heterocycles. The Kier molecular flexibility index (Phi) is 5.44. The number of nitrogens with one attached hydrogen (secondary N) is 1. The number of anilines is 1. The molecule has 0 fully saturated rings. The average Bonchev–Trinajstić information content (AvgIpc) is 3.20. The Labute approximate surface area is 168 Å². The number of hydrogen-bond acceptors (Lipinski definition) is 5. The van der Waals surface area contributed by atoms with Gasteiger partial charge in [0.25, 0.3) is 0 Å². The molecule has 0 saturated carbocycles. The first-order chi connectivity index (χ1) is 13.7. The molecule has 6 heteroatoms. The summed E-state index contributed by atoms with van der Waals surface area (Å²) < 4.78 is 22.1. The predicted molar refractivity (Wildman–Crippen MR) is 109 cm³/mol. The van der Waals surface area contributed by atoms with Gasteiger partial charge in [-0.15, -0.1) is 0 Å². The maximum atomic E-state index is 6.48. The van der Waals surface area contributed by atoms with Crippen LogP contribution in [-0.2, 0) is 13.2 Å². The van der Waals surface area contributed by atoms with Gasteiger partial charge in [-0.3, -0.25) is 0 Å². The zero-order valence-corrected chi connectivity index (χ0v) is 16.2. The van der Waals surface area contributed by atoms with Crippen LogP contribution in [0.25, 0.3) is 0 Å². The number of rotatable bonds is 7. The molecule has 3 aromatic rings. The minimum atomic E-state index is 0.256. The largest absolute Gasteiger partial charge is 0.493 e. The van der Waals surface area contributed by atoms with E-state index in [1.165, 1.54) is 0 Å². The second kappa shape index (κ2) is 8.31. The van der Waals surface area contributed by atoms with Crippen LogP contribution in [0.5, 0.6) is 23.0 Å². The van der Waals surface area contributed by atoms with Crippen LogP contribution in [-0.4, -0.2) is 13.9 Å². The number of hydrogen-bond donors (Lipinski definition) is 1. The Morgan fingerprint density at radius 1 is 0.964 bits per heavy atom. The van der Waals surface area contributed by atoms with Crippen molar-refractivity contribution in [2.24, 2.45) is 0 Å². The highest BCUT2D eigenvalue weighted by molar-refractivity contribution is 6.31. The molecule has 5 nitrogen and oxygen atoms in total. The summed E-state index contributed by atoms with van der Waals surface area (Å²) in [5.41, 5.74) is 2.90. The molecule has 0 atom stereocenters. The van der Waals surface area contributed by atoms with Gasteiger partial charge in [-0.1, -0.05) is 41.9 Å². The van der Waals surface area contributed by atoms with Crippen LogP contribution in [0.1, 0.15) is 11.1 Å². The molecule has 0 spiro atoms. The van der Waals surface area contributed by atoms with Crippen molar-refractivity contribution in [1.29, 1.82) is 0 Å². The van der Waals surface area contributed by atoms with Crippen molar-refractivity contribution in [3.63, 3.8) is 0 Å². The van der Waals surface area contributed by atoms with Crippen LogP contribution in [0.15, 0.2) is 60.7 Å². The maximum absolute atomic E-state index is 6.48. The summed E-state index contributed by atoms with van der Waals surface area (Å²) in [5.74, 6) is 2.74. The molecule has 0 bridgehead atoms. The van der Waals surface area contributed by atoms with Crippen molar-refractivity contribution in [2.75, 3.05) is 19.2 Å². The second-order valence-corrected chi connectivity index (χ2v) is 6.70. The molecular formula is C22H20ClNO4. The molecule has 1 N–H and O–H groups in total. The molecule has 144 valence electrons. The van der Waals surface area contributed by atoms with Crippen LogP contribution in [0, 0.1) is 0 Å². The predicted octanol–water partition coefficient (Wildman–Crippen LogP) is 5.27. The lowest BCUT2D eigenvalue weighted by molar-refractivity contribution is 0.174. The fraction of sp³-hybridized carbons (Fsp3) is 0.182. The Morgan fingerprint density at radius 3 is 2.61 bits per heavy atom. The summed E-state index contributed by atoms with van der Waals surface area (Å²) in [6.45, 7) is 1.24. The van der Waals surface area contributed by atoms with Gasteiger partial charge >= 0.3 is 0 Å². The Balaban J connectivity index is 1.45. The summed E-state index contributed by atoms with van der Waals surface area (Å²) in [5, 5.41) is 3.95. The molecule has 28 heavy (non-hydrogen) atoms. The van der Waals surface area contributed by atoms with E-state index in [-0.39, 0.29) is 6.79 Å². The molecular weight excluding hydrogens is 378 g/mol. The lowest BCUT2D eigenvalue weighted by atomic mass is 10.2. The summed E-state index contributed by atoms with van der Waals surface area (Å²) in [7, 11) is 1.62. The van der Waals surface area contributed by atoms with Crippen molar-refractivity contribution in [1.82, 2.24) is 0 Å². The number of ether oxygens (including phenoxy) is 4. The minimum Gasteiger partial charge on any atom is -0.493 e. The van der Waals surface area contributed by atoms with E-state index < -0.39 is 0 Å². The molecule has 0 unspecified atom stereocenters. The van der Waals surface area contributed by atoms with Gasteiger partial charge in [0.15, 0.2) is 23.0 Å². The van der Waals surface area contributed by atoms with E-state index >= 15 is 0 Å². The van der Waals surface area contributed by atoms with E-state index in [0.717, 1.165) is 28.3 Å². The third-order valence-corrected chi connectivity index (χ3v) is 4.78. The first-order valence-corrected chi connectivity index (χ1v) is 9.27. The standard InChI is InChI=1S/C22H20ClNO4/c1-25-20-9-16(12-24-17-7-8-19-21(10-17)28-14-27-19)18(23)11-22(20)26-13-15-5-3-2-4-6-15/h2-11,24H,12-14H2,1H3. The number of methoxy groups -OCH3 is 1. The number of fused-ring (bicyclic) bond motifs is 1. The monoisotopic (exact) mass is 397 g/mol. The summed E-state index contributed by atoms with van der Waals surface area (Å²) in [6.07, 6.45) is 0. The fourth-order valence-corrected chi connectivity index (χ4v) is 3.14. The van der Waals surface area contributed by atoms with E-state index in [9.17, 15) is 0 Å². The molecule has 1 heterocycles. The van der Waals surface area contributed by atoms with E-state index in [0.29, 0.717) is 29.7 Å². The minimum absolute atomic E-state index is 0.256. The van der Waals surface area contributed by atoms with Gasteiger partial charge in [-0.05, 0) is 29.3 Å². The topological polar surface area (TPSA) is 49.0 Å². The van der Waals surface area contributed by atoms with Gasteiger partial charge in [0.1, 0.15) is 6.61 Å². The maximum Gasteiger partial charge on any atom is 0.231 e. The third-order valence-electron chi connectivity index (χ3n) is 4.43. The third kappa shape index (κ3) is 4.10. The smallest absolute Gasteiger partial charge is 0.231 e. The van der Waals surface area contributed by atoms with E-state index in [1.807, 2.05) is 54.6 Å². The van der Waals surface area contributed by atoms with E-state index in [1.54, 1.807) is 13.2 Å². The van der Waals surface area contributed by atoms with Gasteiger partial charge < -0.3 is 24.3 Å². The lowest BCUT2D eigenvalue weighted by Crippen LogP contribution is -2.03. The molecule has 3 aromatic carbocycles. The van der Waals surface area contributed by atoms with Gasteiger partial charge in [0.2, 0.25) is 6.79 Å². The zero-order chi connectivity index (χ0) is 19.3. The van der Waals surface area contributed by atoms with Crippen LogP contribution >= 0.6 is 11.6 Å². The lowest BCUT2D eigenvalue weighted by Gasteiger charge is -2.15. The average molecular weight is 398 g/mol. The van der Waals surface area contributed by atoms with Crippen LogP contribution < -0.4 is 24.3 Å². The fourth-order valence-electron chi connectivity index (χ4n) is 2.92. The van der Waals surface area contributed by atoms with Crippen molar-refractivity contribution in [2.45, 2.75) is 13.2 Å². The Morgan fingerprint density at radius 2 is 1.79 bits per heavy atom. The van der Waals surface area contributed by atoms with Crippen molar-refractivity contribution >= 4 is 17.3 Å². The highest BCUT2D eigenvalue weighted by Gasteiger charge is 2.14. The highest BCUT2D eigenvalue weighted by Crippen LogP contribution is 2.36. The van der Waals surface area contributed by atoms with Gasteiger partial charge in [0, 0.05) is 29.4 Å². The summed E-state index contributed by atoms with van der Waals surface area (Å²) in [4.78, 5) is 0. The van der Waals surface area contributed by atoms with E-state index in [4.69, 9.17) is 30.5 Å². The highest BCUT2D eigenvalue weighted by atomic mass is 35.5. The van der Waals surface area contributed by atoms with Crippen LogP contribution in [0.4, 0.5) is 5.69 Å². The molecule has 0 aliphatic carbocycles. The molecule has 0 aromatic heterocycles. The Bertz CT molecular complexity index is 962. The van der Waals surface area contributed by atoms with Crippen molar-refractivity contribution in [3.8, 4) is 23.0 Å². The van der Waals surface area contributed by atoms with Crippen molar-refractivity contribution in [3.05, 3.63) is 76.8 Å². The van der Waals surface area contributed by atoms with Gasteiger partial charge in [-0.25, -0.2) is 0 Å². The van der Waals surface area contributed by atoms with Gasteiger partial charge in [0.05, 0.1) is 7.11 Å². The summed E-state index contributed by atoms with van der Waals surface area (Å²) >= 11 is 6.48. The number of benzene rings is 3. The van der Waals surface area contributed by atoms with Crippen LogP contribution in [0.2, 0.25) is 5.02 Å². The first kappa shape index (κ1) is 18.3. The van der Waals surface area contributed by atoms with Gasteiger partial charge in [-0.2, -0.15) is 0 Å². The van der Waals surface area contributed by atoms with Crippen molar-refractivity contribution < 1.29 is 18.9 Å². The zero-order valence-electron chi connectivity index (χ0n) is 15.4. The first-order valence-electron chi connectivity index (χ1n) is 8.89. The SMILES string of the molecule is COc1cc(CNc2ccc3c(c2)OCO3)c(Cl)cc1OCc1ccccc1. The number of halogens is 1. The summed E-state index contributed by atoms with van der Waals surface area (Å²) in [6, 6.07) is 19.4. The molecule has 0 radical (unpaired) electrons. The quantitative estimate of drug-likeness (QED) is 0.588. The second-order valence-electron chi connectivity index (χ2n) is 6.29. The molecule has 4 rings (SSSR count). The molecule has 1 aliphatic heterocycles. The Hall–Kier alpha value is -3.05. The van der Waals surface area contributed by atoms with E-state index in [2.05, 4.69) is 5.32 Å². The molecule has 0 amide bonds. The molecule has 1 aliphatic rings.